The van der Waals surface area contributed by atoms with Crippen LogP contribution in [0.1, 0.15) is 50.2 Å². The molecule has 1 N–H and O–H groups in total. The molecule has 2 aromatic rings. The molecule has 1 aromatic carbocycles. The SMILES string of the molecule is COc1ccc(N2CC(C(=O)NC3(c4noc(C)n4)CCCCC3)CC2=O)cc1. The lowest BCUT2D eigenvalue weighted by Gasteiger charge is -2.36. The highest BCUT2D eigenvalue weighted by Gasteiger charge is 2.43. The van der Waals surface area contributed by atoms with Gasteiger partial charge in [-0.15, -0.1) is 0 Å². The molecule has 2 amide bonds. The Balaban J connectivity index is 1.49. The van der Waals surface area contributed by atoms with Gasteiger partial charge in [-0.2, -0.15) is 4.98 Å². The van der Waals surface area contributed by atoms with Crippen LogP contribution in [0, 0.1) is 12.8 Å². The normalized spacial score (nSPS) is 21.2. The average molecular weight is 398 g/mol. The number of aryl methyl sites for hydroxylation is 1. The van der Waals surface area contributed by atoms with E-state index in [1.807, 2.05) is 24.3 Å². The number of rotatable bonds is 5. The van der Waals surface area contributed by atoms with Crippen LogP contribution in [0.15, 0.2) is 28.8 Å². The van der Waals surface area contributed by atoms with Crippen LogP contribution in [0.4, 0.5) is 5.69 Å². The van der Waals surface area contributed by atoms with Crippen LogP contribution >= 0.6 is 0 Å². The maximum atomic E-state index is 13.1. The summed E-state index contributed by atoms with van der Waals surface area (Å²) in [5, 5.41) is 7.29. The van der Waals surface area contributed by atoms with Crippen molar-refractivity contribution >= 4 is 17.5 Å². The average Bonchev–Trinajstić information content (AvgIpc) is 3.35. The summed E-state index contributed by atoms with van der Waals surface area (Å²) in [5.74, 6) is 1.17. The zero-order chi connectivity index (χ0) is 20.4. The van der Waals surface area contributed by atoms with Gasteiger partial charge in [-0.3, -0.25) is 9.59 Å². The van der Waals surface area contributed by atoms with Gasteiger partial charge in [0.05, 0.1) is 13.0 Å². The summed E-state index contributed by atoms with van der Waals surface area (Å²) in [5.41, 5.74) is 0.163. The summed E-state index contributed by atoms with van der Waals surface area (Å²) < 4.78 is 10.3. The molecule has 2 aliphatic rings. The first-order valence-electron chi connectivity index (χ1n) is 10.1. The maximum absolute atomic E-state index is 13.1. The number of aromatic nitrogens is 2. The van der Waals surface area contributed by atoms with E-state index in [0.717, 1.165) is 43.5 Å². The molecule has 1 aromatic heterocycles. The molecule has 1 unspecified atom stereocenters. The van der Waals surface area contributed by atoms with Crippen LogP contribution in [0.5, 0.6) is 5.75 Å². The van der Waals surface area contributed by atoms with Crippen LogP contribution < -0.4 is 15.0 Å². The van der Waals surface area contributed by atoms with Crippen LogP contribution in [-0.2, 0) is 15.1 Å². The van der Waals surface area contributed by atoms with E-state index >= 15 is 0 Å². The van der Waals surface area contributed by atoms with Crippen molar-refractivity contribution < 1.29 is 18.8 Å². The van der Waals surface area contributed by atoms with E-state index in [0.29, 0.717) is 18.3 Å². The van der Waals surface area contributed by atoms with Gasteiger partial charge in [0.25, 0.3) is 0 Å². The Morgan fingerprint density at radius 1 is 1.24 bits per heavy atom. The minimum absolute atomic E-state index is 0.0524. The van der Waals surface area contributed by atoms with E-state index in [1.165, 1.54) is 0 Å². The van der Waals surface area contributed by atoms with E-state index in [-0.39, 0.29) is 18.2 Å². The summed E-state index contributed by atoms with van der Waals surface area (Å²) in [6, 6.07) is 7.29. The molecule has 8 nitrogen and oxygen atoms in total. The molecule has 0 radical (unpaired) electrons. The fourth-order valence-corrected chi connectivity index (χ4v) is 4.29. The summed E-state index contributed by atoms with van der Waals surface area (Å²) >= 11 is 0. The predicted octanol–water partition coefficient (Wildman–Crippen LogP) is 2.72. The summed E-state index contributed by atoms with van der Waals surface area (Å²) in [7, 11) is 1.60. The second-order valence-electron chi connectivity index (χ2n) is 7.87. The molecule has 4 rings (SSSR count). The van der Waals surface area contributed by atoms with Gasteiger partial charge in [0.2, 0.25) is 17.7 Å². The first-order valence-corrected chi connectivity index (χ1v) is 10.1. The zero-order valence-electron chi connectivity index (χ0n) is 16.8. The van der Waals surface area contributed by atoms with Crippen molar-refractivity contribution in [2.24, 2.45) is 5.92 Å². The van der Waals surface area contributed by atoms with Gasteiger partial charge in [0.15, 0.2) is 5.82 Å². The molecule has 0 spiro atoms. The molecule has 2 fully saturated rings. The summed E-state index contributed by atoms with van der Waals surface area (Å²) in [6.45, 7) is 2.11. The van der Waals surface area contributed by atoms with Crippen molar-refractivity contribution in [3.05, 3.63) is 36.0 Å². The second-order valence-corrected chi connectivity index (χ2v) is 7.87. The molecule has 154 valence electrons. The molecule has 1 aliphatic heterocycles. The van der Waals surface area contributed by atoms with Crippen LogP contribution in [0.2, 0.25) is 0 Å². The second kappa shape index (κ2) is 7.85. The number of carbonyl (C=O) groups excluding carboxylic acids is 2. The largest absolute Gasteiger partial charge is 0.497 e. The number of ether oxygens (including phenoxy) is 1. The van der Waals surface area contributed by atoms with E-state index in [1.54, 1.807) is 18.9 Å². The van der Waals surface area contributed by atoms with Gasteiger partial charge in [-0.05, 0) is 37.1 Å². The van der Waals surface area contributed by atoms with Crippen molar-refractivity contribution in [2.75, 3.05) is 18.6 Å². The number of methoxy groups -OCH3 is 1. The van der Waals surface area contributed by atoms with Gasteiger partial charge in [-0.1, -0.05) is 24.4 Å². The zero-order valence-corrected chi connectivity index (χ0v) is 16.8. The number of carbonyl (C=O) groups is 2. The van der Waals surface area contributed by atoms with Gasteiger partial charge >= 0.3 is 0 Å². The Hall–Kier alpha value is -2.90. The quantitative estimate of drug-likeness (QED) is 0.832. The molecular formula is C21H26N4O4. The Bertz CT molecular complexity index is 886. The highest BCUT2D eigenvalue weighted by molar-refractivity contribution is 6.00. The van der Waals surface area contributed by atoms with Gasteiger partial charge < -0.3 is 19.5 Å². The monoisotopic (exact) mass is 398 g/mol. The van der Waals surface area contributed by atoms with E-state index in [4.69, 9.17) is 9.26 Å². The minimum atomic E-state index is -0.607. The molecule has 1 saturated heterocycles. The number of hydrogen-bond acceptors (Lipinski definition) is 6. The summed E-state index contributed by atoms with van der Waals surface area (Å²) in [4.78, 5) is 31.8. The maximum Gasteiger partial charge on any atom is 0.227 e. The minimum Gasteiger partial charge on any atom is -0.497 e. The molecule has 0 bridgehead atoms. The standard InChI is InChI=1S/C21H26N4O4/c1-14-22-20(24-29-14)21(10-4-3-5-11-21)23-19(27)15-12-18(26)25(13-15)16-6-8-17(28-2)9-7-16/h6-9,15H,3-5,10-13H2,1-2H3,(H,23,27). The van der Waals surface area contributed by atoms with Crippen molar-refractivity contribution in [2.45, 2.75) is 51.0 Å². The topological polar surface area (TPSA) is 97.6 Å². The van der Waals surface area contributed by atoms with Gasteiger partial charge in [0.1, 0.15) is 11.3 Å². The Morgan fingerprint density at radius 2 is 1.97 bits per heavy atom. The van der Waals surface area contributed by atoms with E-state index in [2.05, 4.69) is 15.5 Å². The van der Waals surface area contributed by atoms with E-state index in [9.17, 15) is 9.59 Å². The molecule has 8 heteroatoms. The molecule has 1 saturated carbocycles. The number of nitrogens with zero attached hydrogens (tertiary/aromatic N) is 3. The first kappa shape index (κ1) is 19.4. The Morgan fingerprint density at radius 3 is 2.59 bits per heavy atom. The third-order valence-corrected chi connectivity index (χ3v) is 5.91. The number of hydrogen-bond donors (Lipinski definition) is 1. The number of amides is 2. The number of nitrogens with one attached hydrogen (secondary N) is 1. The predicted molar refractivity (Wildman–Crippen MR) is 105 cm³/mol. The van der Waals surface area contributed by atoms with Crippen molar-refractivity contribution in [3.63, 3.8) is 0 Å². The van der Waals surface area contributed by atoms with Crippen LogP contribution in [0.3, 0.4) is 0 Å². The van der Waals surface area contributed by atoms with Crippen molar-refractivity contribution in [1.29, 1.82) is 0 Å². The fraction of sp³-hybridized carbons (Fsp3) is 0.524. The number of benzene rings is 1. The van der Waals surface area contributed by atoms with Crippen molar-refractivity contribution in [3.8, 4) is 5.75 Å². The van der Waals surface area contributed by atoms with E-state index < -0.39 is 11.5 Å². The first-order chi connectivity index (χ1) is 14.0. The highest BCUT2D eigenvalue weighted by atomic mass is 16.5. The third kappa shape index (κ3) is 3.83. The lowest BCUT2D eigenvalue weighted by atomic mass is 9.80. The third-order valence-electron chi connectivity index (χ3n) is 5.91. The Kier molecular flexibility index (Phi) is 5.25. The fourth-order valence-electron chi connectivity index (χ4n) is 4.29. The molecule has 2 heterocycles. The van der Waals surface area contributed by atoms with Gasteiger partial charge in [0, 0.05) is 25.6 Å². The lowest BCUT2D eigenvalue weighted by Crippen LogP contribution is -2.50. The lowest BCUT2D eigenvalue weighted by molar-refractivity contribution is -0.128. The van der Waals surface area contributed by atoms with Crippen LogP contribution in [0.25, 0.3) is 0 Å². The molecule has 29 heavy (non-hydrogen) atoms. The summed E-state index contributed by atoms with van der Waals surface area (Å²) in [6.07, 6.45) is 4.87. The smallest absolute Gasteiger partial charge is 0.227 e. The number of anilines is 1. The van der Waals surface area contributed by atoms with Gasteiger partial charge in [-0.25, -0.2) is 0 Å². The molecule has 1 aliphatic carbocycles. The highest BCUT2D eigenvalue weighted by Crippen LogP contribution is 2.36. The molecule has 1 atom stereocenters. The Labute approximate surface area is 169 Å². The van der Waals surface area contributed by atoms with Crippen molar-refractivity contribution in [1.82, 2.24) is 15.5 Å². The van der Waals surface area contributed by atoms with Crippen LogP contribution in [-0.4, -0.2) is 35.6 Å². The molecular weight excluding hydrogens is 372 g/mol.